The van der Waals surface area contributed by atoms with Crippen LogP contribution in [-0.4, -0.2) is 48.2 Å². The third-order valence-corrected chi connectivity index (χ3v) is 5.06. The van der Waals surface area contributed by atoms with Crippen LogP contribution in [0.3, 0.4) is 0 Å². The largest absolute Gasteiger partial charge is 0.496 e. The van der Waals surface area contributed by atoms with E-state index in [0.29, 0.717) is 24.0 Å². The molecule has 0 saturated carbocycles. The van der Waals surface area contributed by atoms with Crippen molar-refractivity contribution < 1.29 is 13.5 Å². The highest BCUT2D eigenvalue weighted by Gasteiger charge is 2.20. The van der Waals surface area contributed by atoms with E-state index in [0.717, 1.165) is 37.3 Å². The highest BCUT2D eigenvalue weighted by molar-refractivity contribution is 7.80. The van der Waals surface area contributed by atoms with Gasteiger partial charge in [0.1, 0.15) is 17.4 Å². The molecule has 2 aromatic rings. The van der Waals surface area contributed by atoms with Crippen molar-refractivity contribution in [1.82, 2.24) is 15.1 Å². The molecule has 7 heteroatoms. The van der Waals surface area contributed by atoms with Crippen LogP contribution in [0.2, 0.25) is 0 Å². The molecule has 0 amide bonds. The van der Waals surface area contributed by atoms with Crippen LogP contribution in [0.5, 0.6) is 5.75 Å². The summed E-state index contributed by atoms with van der Waals surface area (Å²) in [5, 5.41) is 3.92. The first-order valence-electron chi connectivity index (χ1n) is 8.87. The second-order valence-corrected chi connectivity index (χ2v) is 6.89. The molecule has 0 radical (unpaired) electrons. The van der Waals surface area contributed by atoms with E-state index in [9.17, 15) is 8.78 Å². The van der Waals surface area contributed by atoms with Crippen LogP contribution in [0.15, 0.2) is 42.5 Å². The average Bonchev–Trinajstić information content (AvgIpc) is 2.68. The third-order valence-electron chi connectivity index (χ3n) is 4.65. The van der Waals surface area contributed by atoms with E-state index in [1.807, 2.05) is 0 Å². The second-order valence-electron chi connectivity index (χ2n) is 6.50. The second kappa shape index (κ2) is 9.10. The Hall–Kier alpha value is -2.25. The van der Waals surface area contributed by atoms with Crippen molar-refractivity contribution in [2.45, 2.75) is 13.1 Å². The smallest absolute Gasteiger partial charge is 0.169 e. The van der Waals surface area contributed by atoms with E-state index in [1.165, 1.54) is 24.3 Å². The summed E-state index contributed by atoms with van der Waals surface area (Å²) < 4.78 is 31.8. The lowest BCUT2D eigenvalue weighted by Gasteiger charge is -2.36. The van der Waals surface area contributed by atoms with Gasteiger partial charge in [-0.15, -0.1) is 0 Å². The van der Waals surface area contributed by atoms with Gasteiger partial charge < -0.3 is 15.0 Å². The molecule has 3 rings (SSSR count). The van der Waals surface area contributed by atoms with Crippen LogP contribution in [0, 0.1) is 11.6 Å². The maximum absolute atomic E-state index is 13.5. The summed E-state index contributed by atoms with van der Waals surface area (Å²) in [6.45, 7) is 4.47. The standard InChI is InChI=1S/C20H23F2N3OS/c1-26-19-7-6-18(22)12-16(19)14-24-8-10-25(11-9-24)20(27)23-13-15-2-4-17(21)5-3-15/h2-7,12H,8-11,13-14H2,1H3,(H,23,27). The zero-order valence-electron chi connectivity index (χ0n) is 15.3. The van der Waals surface area contributed by atoms with Crippen LogP contribution in [0.4, 0.5) is 8.78 Å². The molecule has 1 aliphatic heterocycles. The summed E-state index contributed by atoms with van der Waals surface area (Å²) in [7, 11) is 1.60. The first-order valence-corrected chi connectivity index (χ1v) is 9.28. The lowest BCUT2D eigenvalue weighted by molar-refractivity contribution is 0.173. The predicted octanol–water partition coefficient (Wildman–Crippen LogP) is 3.17. The molecule has 1 aliphatic rings. The molecular weight excluding hydrogens is 368 g/mol. The number of piperazine rings is 1. The van der Waals surface area contributed by atoms with Crippen LogP contribution >= 0.6 is 12.2 Å². The molecule has 0 atom stereocenters. The SMILES string of the molecule is COc1ccc(F)cc1CN1CCN(C(=S)NCc2ccc(F)cc2)CC1. The number of rotatable bonds is 5. The molecule has 1 saturated heterocycles. The number of nitrogens with zero attached hydrogens (tertiary/aromatic N) is 2. The van der Waals surface area contributed by atoms with Gasteiger partial charge >= 0.3 is 0 Å². The van der Waals surface area contributed by atoms with Gasteiger partial charge in [0.2, 0.25) is 0 Å². The quantitative estimate of drug-likeness (QED) is 0.791. The van der Waals surface area contributed by atoms with Gasteiger partial charge in [-0.2, -0.15) is 0 Å². The van der Waals surface area contributed by atoms with Crippen molar-refractivity contribution in [2.24, 2.45) is 0 Å². The number of hydrogen-bond acceptors (Lipinski definition) is 3. The number of benzene rings is 2. The molecule has 2 aromatic carbocycles. The molecule has 4 nitrogen and oxygen atoms in total. The van der Waals surface area contributed by atoms with E-state index in [2.05, 4.69) is 15.1 Å². The van der Waals surface area contributed by atoms with Gasteiger partial charge in [-0.25, -0.2) is 8.78 Å². The van der Waals surface area contributed by atoms with E-state index >= 15 is 0 Å². The zero-order chi connectivity index (χ0) is 19.2. The van der Waals surface area contributed by atoms with Crippen LogP contribution in [0.25, 0.3) is 0 Å². The highest BCUT2D eigenvalue weighted by atomic mass is 32.1. The molecule has 27 heavy (non-hydrogen) atoms. The molecule has 0 unspecified atom stereocenters. The average molecular weight is 391 g/mol. The number of nitrogens with one attached hydrogen (secondary N) is 1. The normalized spacial score (nSPS) is 14.9. The Kier molecular flexibility index (Phi) is 6.58. The van der Waals surface area contributed by atoms with Gasteiger partial charge in [0, 0.05) is 44.8 Å². The Morgan fingerprint density at radius 3 is 2.37 bits per heavy atom. The van der Waals surface area contributed by atoms with E-state index < -0.39 is 0 Å². The molecule has 1 heterocycles. The van der Waals surface area contributed by atoms with Crippen molar-refractivity contribution in [1.29, 1.82) is 0 Å². The number of hydrogen-bond donors (Lipinski definition) is 1. The van der Waals surface area contributed by atoms with Crippen molar-refractivity contribution in [3.63, 3.8) is 0 Å². The minimum Gasteiger partial charge on any atom is -0.496 e. The summed E-state index contributed by atoms with van der Waals surface area (Å²) in [5.41, 5.74) is 1.83. The first-order chi connectivity index (χ1) is 13.0. The van der Waals surface area contributed by atoms with Gasteiger partial charge in [-0.05, 0) is 48.1 Å². The van der Waals surface area contributed by atoms with E-state index in [1.54, 1.807) is 25.3 Å². The molecule has 0 aliphatic carbocycles. The summed E-state index contributed by atoms with van der Waals surface area (Å²) in [4.78, 5) is 4.38. The summed E-state index contributed by atoms with van der Waals surface area (Å²) >= 11 is 5.48. The minimum atomic E-state index is -0.254. The van der Waals surface area contributed by atoms with Crippen molar-refractivity contribution in [3.8, 4) is 5.75 Å². The molecule has 0 spiro atoms. The topological polar surface area (TPSA) is 27.7 Å². The molecule has 0 bridgehead atoms. The van der Waals surface area contributed by atoms with Crippen LogP contribution in [0.1, 0.15) is 11.1 Å². The van der Waals surface area contributed by atoms with Gasteiger partial charge in [0.15, 0.2) is 5.11 Å². The van der Waals surface area contributed by atoms with Crippen LogP contribution < -0.4 is 10.1 Å². The fraction of sp³-hybridized carbons (Fsp3) is 0.350. The Balaban J connectivity index is 1.47. The van der Waals surface area contributed by atoms with Gasteiger partial charge in [-0.1, -0.05) is 12.1 Å². The monoisotopic (exact) mass is 391 g/mol. The molecule has 0 aromatic heterocycles. The Morgan fingerprint density at radius 1 is 1.04 bits per heavy atom. The lowest BCUT2D eigenvalue weighted by Crippen LogP contribution is -2.51. The maximum atomic E-state index is 13.5. The fourth-order valence-electron chi connectivity index (χ4n) is 3.11. The Morgan fingerprint density at radius 2 is 1.70 bits per heavy atom. The zero-order valence-corrected chi connectivity index (χ0v) is 16.1. The highest BCUT2D eigenvalue weighted by Crippen LogP contribution is 2.21. The summed E-state index contributed by atoms with van der Waals surface area (Å²) in [6, 6.07) is 11.0. The van der Waals surface area contributed by atoms with E-state index in [4.69, 9.17) is 17.0 Å². The number of ether oxygens (including phenoxy) is 1. The first kappa shape index (κ1) is 19.5. The summed E-state index contributed by atoms with van der Waals surface area (Å²) in [6.07, 6.45) is 0. The lowest BCUT2D eigenvalue weighted by atomic mass is 10.1. The predicted molar refractivity (Wildman–Crippen MR) is 106 cm³/mol. The van der Waals surface area contributed by atoms with E-state index in [-0.39, 0.29) is 11.6 Å². The number of halogens is 2. The Bertz CT molecular complexity index is 777. The van der Waals surface area contributed by atoms with Gasteiger partial charge in [-0.3, -0.25) is 4.90 Å². The van der Waals surface area contributed by atoms with Crippen molar-refractivity contribution >= 4 is 17.3 Å². The fourth-order valence-corrected chi connectivity index (χ4v) is 3.37. The number of methoxy groups -OCH3 is 1. The van der Waals surface area contributed by atoms with Crippen LogP contribution in [-0.2, 0) is 13.1 Å². The summed E-state index contributed by atoms with van der Waals surface area (Å²) in [5.74, 6) is 0.207. The van der Waals surface area contributed by atoms with Crippen molar-refractivity contribution in [2.75, 3.05) is 33.3 Å². The molecule has 144 valence electrons. The van der Waals surface area contributed by atoms with Gasteiger partial charge in [0.05, 0.1) is 7.11 Å². The molecule has 1 N–H and O–H groups in total. The third kappa shape index (κ3) is 5.37. The minimum absolute atomic E-state index is 0.243. The molecule has 1 fully saturated rings. The number of thiocarbonyl (C=S) groups is 1. The van der Waals surface area contributed by atoms with Crippen molar-refractivity contribution in [3.05, 3.63) is 65.2 Å². The molecular formula is C20H23F2N3OS. The Labute approximate surface area is 163 Å². The maximum Gasteiger partial charge on any atom is 0.169 e. The van der Waals surface area contributed by atoms with Gasteiger partial charge in [0.25, 0.3) is 0 Å².